The van der Waals surface area contributed by atoms with Crippen LogP contribution in [0.5, 0.6) is 0 Å². The minimum absolute atomic E-state index is 0.0481. The molecule has 2 atom stereocenters. The minimum Gasteiger partial charge on any atom is -0.410 e. The minimum atomic E-state index is -1.67. The molecule has 0 N–H and O–H groups in total. The Morgan fingerprint density at radius 1 is 1.15 bits per heavy atom. The van der Waals surface area contributed by atoms with Gasteiger partial charge in [-0.05, 0) is 30.3 Å². The van der Waals surface area contributed by atoms with Crippen LogP contribution in [-0.2, 0) is 9.22 Å². The molecule has 0 amide bonds. The quantitative estimate of drug-likeness (QED) is 0.406. The molecule has 2 nitrogen and oxygen atoms in total. The standard InChI is InChI=1S/C16H32O2SSi/c1-7-12-13-15(14(6)16(17)19-8-2)18-20(9-3,10-4)11-5/h12-15H,7-11H2,1-6H3/b13-12+. The van der Waals surface area contributed by atoms with Gasteiger partial charge in [-0.2, -0.15) is 0 Å². The van der Waals surface area contributed by atoms with Crippen LogP contribution in [0.4, 0.5) is 0 Å². The molecule has 0 heterocycles. The Labute approximate surface area is 130 Å². The molecule has 0 saturated carbocycles. The van der Waals surface area contributed by atoms with Crippen molar-refractivity contribution in [3.05, 3.63) is 12.2 Å². The van der Waals surface area contributed by atoms with E-state index in [1.165, 1.54) is 11.8 Å². The van der Waals surface area contributed by atoms with E-state index in [2.05, 4.69) is 39.8 Å². The third-order valence-corrected chi connectivity index (χ3v) is 9.61. The van der Waals surface area contributed by atoms with Crippen LogP contribution in [0.15, 0.2) is 12.2 Å². The van der Waals surface area contributed by atoms with Crippen molar-refractivity contribution in [1.29, 1.82) is 0 Å². The summed E-state index contributed by atoms with van der Waals surface area (Å²) in [5, 5.41) is 0.254. The number of rotatable bonds is 10. The van der Waals surface area contributed by atoms with E-state index in [1.807, 2.05) is 13.8 Å². The van der Waals surface area contributed by atoms with E-state index in [0.717, 1.165) is 30.3 Å². The second-order valence-corrected chi connectivity index (χ2v) is 11.2. The maximum absolute atomic E-state index is 12.2. The van der Waals surface area contributed by atoms with E-state index >= 15 is 0 Å². The lowest BCUT2D eigenvalue weighted by Crippen LogP contribution is -2.42. The summed E-state index contributed by atoms with van der Waals surface area (Å²) in [7, 11) is -1.67. The van der Waals surface area contributed by atoms with Gasteiger partial charge in [0, 0.05) is 0 Å². The number of hydrogen-bond donors (Lipinski definition) is 0. The van der Waals surface area contributed by atoms with Crippen LogP contribution in [0.3, 0.4) is 0 Å². The molecule has 0 fully saturated rings. The van der Waals surface area contributed by atoms with Gasteiger partial charge in [0.05, 0.1) is 12.0 Å². The molecule has 0 rings (SSSR count). The summed E-state index contributed by atoms with van der Waals surface area (Å²) < 4.78 is 6.53. The second kappa shape index (κ2) is 10.6. The van der Waals surface area contributed by atoms with Gasteiger partial charge in [-0.3, -0.25) is 4.79 Å². The van der Waals surface area contributed by atoms with Crippen LogP contribution in [0, 0.1) is 5.92 Å². The summed E-state index contributed by atoms with van der Waals surface area (Å²) in [6.45, 7) is 12.8. The van der Waals surface area contributed by atoms with Crippen LogP contribution in [0.25, 0.3) is 0 Å². The molecule has 0 aliphatic rings. The summed E-state index contributed by atoms with van der Waals surface area (Å²) >= 11 is 1.41. The van der Waals surface area contributed by atoms with E-state index in [1.54, 1.807) is 0 Å². The molecule has 0 aromatic heterocycles. The average molecular weight is 317 g/mol. The van der Waals surface area contributed by atoms with E-state index in [4.69, 9.17) is 4.43 Å². The maximum Gasteiger partial charge on any atom is 0.194 e. The zero-order valence-corrected chi connectivity index (χ0v) is 15.9. The van der Waals surface area contributed by atoms with E-state index in [-0.39, 0.29) is 17.1 Å². The van der Waals surface area contributed by atoms with Crippen molar-refractivity contribution in [3.8, 4) is 0 Å². The third-order valence-electron chi connectivity index (χ3n) is 4.03. The lowest BCUT2D eigenvalue weighted by Gasteiger charge is -2.34. The number of carbonyl (C=O) groups excluding carboxylic acids is 1. The highest BCUT2D eigenvalue weighted by Crippen LogP contribution is 2.28. The molecule has 0 aliphatic carbocycles. The molecule has 0 aromatic carbocycles. The first kappa shape index (κ1) is 19.9. The fraction of sp³-hybridized carbons (Fsp3) is 0.812. The molecule has 0 radical (unpaired) electrons. The van der Waals surface area contributed by atoms with Gasteiger partial charge in [0.25, 0.3) is 0 Å². The van der Waals surface area contributed by atoms with Gasteiger partial charge in [0.2, 0.25) is 0 Å². The van der Waals surface area contributed by atoms with Gasteiger partial charge in [-0.25, -0.2) is 0 Å². The lowest BCUT2D eigenvalue weighted by molar-refractivity contribution is -0.115. The number of thioether (sulfide) groups is 1. The van der Waals surface area contributed by atoms with Crippen LogP contribution in [-0.4, -0.2) is 25.3 Å². The first-order chi connectivity index (χ1) is 9.50. The van der Waals surface area contributed by atoms with Crippen LogP contribution >= 0.6 is 11.8 Å². The predicted octanol–water partition coefficient (Wildman–Crippen LogP) is 5.26. The van der Waals surface area contributed by atoms with Crippen molar-refractivity contribution in [3.63, 3.8) is 0 Å². The monoisotopic (exact) mass is 316 g/mol. The molecule has 0 saturated heterocycles. The zero-order chi connectivity index (χ0) is 15.6. The van der Waals surface area contributed by atoms with E-state index < -0.39 is 8.32 Å². The fourth-order valence-electron chi connectivity index (χ4n) is 2.27. The van der Waals surface area contributed by atoms with Crippen molar-refractivity contribution in [2.75, 3.05) is 5.75 Å². The normalized spacial score (nSPS) is 15.5. The third kappa shape index (κ3) is 6.14. The Bertz CT molecular complexity index is 293. The molecule has 0 aromatic rings. The van der Waals surface area contributed by atoms with Gasteiger partial charge in [0.15, 0.2) is 13.4 Å². The van der Waals surface area contributed by atoms with E-state index in [0.29, 0.717) is 0 Å². The van der Waals surface area contributed by atoms with Gasteiger partial charge < -0.3 is 4.43 Å². The maximum atomic E-state index is 12.2. The van der Waals surface area contributed by atoms with Crippen molar-refractivity contribution < 1.29 is 9.22 Å². The summed E-state index contributed by atoms with van der Waals surface area (Å²) in [4.78, 5) is 12.2. The first-order valence-electron chi connectivity index (χ1n) is 8.01. The largest absolute Gasteiger partial charge is 0.410 e. The smallest absolute Gasteiger partial charge is 0.194 e. The highest BCUT2D eigenvalue weighted by atomic mass is 32.2. The van der Waals surface area contributed by atoms with Crippen molar-refractivity contribution in [2.24, 2.45) is 5.92 Å². The Morgan fingerprint density at radius 3 is 2.10 bits per heavy atom. The van der Waals surface area contributed by atoms with Crippen LogP contribution < -0.4 is 0 Å². The molecular weight excluding hydrogens is 284 g/mol. The summed E-state index contributed by atoms with van der Waals surface area (Å²) in [5.74, 6) is 0.782. The summed E-state index contributed by atoms with van der Waals surface area (Å²) in [6, 6.07) is 3.37. The Hall–Kier alpha value is -0.0631. The number of allylic oxidation sites excluding steroid dienone is 1. The first-order valence-corrected chi connectivity index (χ1v) is 11.5. The molecule has 0 bridgehead atoms. The average Bonchev–Trinajstić information content (AvgIpc) is 2.48. The Kier molecular flexibility index (Phi) is 10.6. The second-order valence-electron chi connectivity index (χ2n) is 5.20. The highest BCUT2D eigenvalue weighted by molar-refractivity contribution is 8.13. The SMILES string of the molecule is CC/C=C/C(O[Si](CC)(CC)CC)C(C)C(=O)SCC. The van der Waals surface area contributed by atoms with Crippen LogP contribution in [0.2, 0.25) is 18.1 Å². The van der Waals surface area contributed by atoms with Gasteiger partial charge in [-0.15, -0.1) is 0 Å². The molecule has 0 aliphatic heterocycles. The van der Waals surface area contributed by atoms with Gasteiger partial charge >= 0.3 is 0 Å². The fourth-order valence-corrected chi connectivity index (χ4v) is 5.82. The van der Waals surface area contributed by atoms with Gasteiger partial charge in [0.1, 0.15) is 0 Å². The molecule has 0 spiro atoms. The number of hydrogen-bond acceptors (Lipinski definition) is 3. The van der Waals surface area contributed by atoms with E-state index in [9.17, 15) is 4.79 Å². The lowest BCUT2D eigenvalue weighted by atomic mass is 10.1. The topological polar surface area (TPSA) is 26.3 Å². The molecular formula is C16H32O2SSi. The highest BCUT2D eigenvalue weighted by Gasteiger charge is 2.34. The summed E-state index contributed by atoms with van der Waals surface area (Å²) in [6.07, 6.45) is 5.18. The predicted molar refractivity (Wildman–Crippen MR) is 93.8 cm³/mol. The molecule has 118 valence electrons. The molecule has 4 heteroatoms. The van der Waals surface area contributed by atoms with Crippen molar-refractivity contribution in [2.45, 2.75) is 72.2 Å². The van der Waals surface area contributed by atoms with Crippen LogP contribution in [0.1, 0.15) is 48.0 Å². The van der Waals surface area contributed by atoms with Gasteiger partial charge in [-0.1, -0.05) is 65.5 Å². The van der Waals surface area contributed by atoms with Crippen molar-refractivity contribution in [1.82, 2.24) is 0 Å². The van der Waals surface area contributed by atoms with Crippen molar-refractivity contribution >= 4 is 25.2 Å². The molecule has 2 unspecified atom stereocenters. The Morgan fingerprint density at radius 2 is 1.70 bits per heavy atom. The molecule has 20 heavy (non-hydrogen) atoms. The summed E-state index contributed by atoms with van der Waals surface area (Å²) in [5.41, 5.74) is 0. The Balaban J connectivity index is 5.05. The zero-order valence-electron chi connectivity index (χ0n) is 14.1. The number of carbonyl (C=O) groups is 1.